The third kappa shape index (κ3) is 3.07. The van der Waals surface area contributed by atoms with Crippen LogP contribution in [0.1, 0.15) is 12.8 Å². The minimum absolute atomic E-state index is 0. The molecule has 2 aromatic rings. The summed E-state index contributed by atoms with van der Waals surface area (Å²) in [5.41, 5.74) is 1.97. The molecular weight excluding hydrogens is 215 g/mol. The van der Waals surface area contributed by atoms with Gasteiger partial charge in [-0.15, -0.1) is 0 Å². The summed E-state index contributed by atoms with van der Waals surface area (Å²) in [6, 6.07) is 7.78. The summed E-state index contributed by atoms with van der Waals surface area (Å²) < 4.78 is 1.96. The molecule has 0 radical (unpaired) electrons. The molecule has 16 heavy (non-hydrogen) atoms. The molecule has 0 fully saturated rings. The molecule has 0 aliphatic carbocycles. The average molecular weight is 226 g/mol. The molecule has 0 amide bonds. The van der Waals surface area contributed by atoms with Gasteiger partial charge in [-0.2, -0.15) is 0 Å². The Morgan fingerprint density at radius 2 is 2.12 bits per heavy atom. The van der Waals surface area contributed by atoms with Gasteiger partial charge in [0.25, 0.3) is 0 Å². The number of carbonyl (C=O) groups is 1. The van der Waals surface area contributed by atoms with E-state index in [1.165, 1.54) is 0 Å². The predicted octanol–water partition coefficient (Wildman–Crippen LogP) is -2.43. The molecule has 0 unspecified atom stereocenters. The van der Waals surface area contributed by atoms with Gasteiger partial charge in [0.05, 0.1) is 17.4 Å². The Bertz CT molecular complexity index is 482. The summed E-state index contributed by atoms with van der Waals surface area (Å²) in [6.07, 6.45) is 2.40. The van der Waals surface area contributed by atoms with Crippen LogP contribution in [0.2, 0.25) is 0 Å². The average Bonchev–Trinajstić information content (AvgIpc) is 2.62. The van der Waals surface area contributed by atoms with Gasteiger partial charge in [0, 0.05) is 12.5 Å². The number of aromatic nitrogens is 2. The number of nitrogens with zero attached hydrogens (tertiary/aromatic N) is 2. The quantitative estimate of drug-likeness (QED) is 0.545. The molecule has 0 saturated heterocycles. The van der Waals surface area contributed by atoms with Gasteiger partial charge in [-0.1, -0.05) is 12.1 Å². The van der Waals surface area contributed by atoms with E-state index in [-0.39, 0.29) is 36.0 Å². The van der Waals surface area contributed by atoms with Crippen molar-refractivity contribution in [3.05, 3.63) is 30.6 Å². The van der Waals surface area contributed by atoms with Crippen LogP contribution in [0.15, 0.2) is 30.6 Å². The van der Waals surface area contributed by atoms with Crippen LogP contribution in [0, 0.1) is 0 Å². The first-order chi connectivity index (χ1) is 7.27. The topological polar surface area (TPSA) is 57.9 Å². The number of aryl methyl sites for hydroxylation is 1. The minimum atomic E-state index is -1.00. The van der Waals surface area contributed by atoms with Crippen LogP contribution in [0.3, 0.4) is 0 Å². The second kappa shape index (κ2) is 6.03. The zero-order chi connectivity index (χ0) is 10.7. The molecule has 78 valence electrons. The van der Waals surface area contributed by atoms with Gasteiger partial charge >= 0.3 is 29.6 Å². The molecule has 1 aromatic carbocycles. The molecular formula is C11H11N2NaO2. The van der Waals surface area contributed by atoms with Crippen LogP contribution in [-0.2, 0) is 11.3 Å². The summed E-state index contributed by atoms with van der Waals surface area (Å²) >= 11 is 0. The zero-order valence-electron chi connectivity index (χ0n) is 9.22. The van der Waals surface area contributed by atoms with Crippen LogP contribution in [0.25, 0.3) is 11.0 Å². The molecule has 4 nitrogen and oxygen atoms in total. The molecule has 2 rings (SSSR count). The molecule has 1 heterocycles. The van der Waals surface area contributed by atoms with Crippen LogP contribution < -0.4 is 34.7 Å². The van der Waals surface area contributed by atoms with E-state index < -0.39 is 5.97 Å². The predicted molar refractivity (Wildman–Crippen MR) is 54.0 cm³/mol. The number of hydrogen-bond donors (Lipinski definition) is 0. The smallest absolute Gasteiger partial charge is 0.550 e. The van der Waals surface area contributed by atoms with Gasteiger partial charge in [0.1, 0.15) is 0 Å². The van der Waals surface area contributed by atoms with E-state index in [4.69, 9.17) is 0 Å². The van der Waals surface area contributed by atoms with E-state index in [0.717, 1.165) is 11.0 Å². The number of hydrogen-bond acceptors (Lipinski definition) is 3. The van der Waals surface area contributed by atoms with E-state index in [2.05, 4.69) is 4.98 Å². The maximum absolute atomic E-state index is 10.3. The zero-order valence-corrected chi connectivity index (χ0v) is 11.2. The van der Waals surface area contributed by atoms with Crippen molar-refractivity contribution in [2.75, 3.05) is 0 Å². The Hall–Kier alpha value is -0.840. The second-order valence-corrected chi connectivity index (χ2v) is 3.40. The van der Waals surface area contributed by atoms with Crippen LogP contribution in [0.5, 0.6) is 0 Å². The maximum Gasteiger partial charge on any atom is 1.00 e. The van der Waals surface area contributed by atoms with Crippen molar-refractivity contribution in [3.63, 3.8) is 0 Å². The minimum Gasteiger partial charge on any atom is -0.550 e. The first-order valence-corrected chi connectivity index (χ1v) is 4.87. The number of para-hydroxylation sites is 2. The standard InChI is InChI=1S/C11H12N2O2.Na/c14-11(15)6-3-7-13-8-12-9-4-1-2-5-10(9)13;/h1-2,4-5,8H,3,6-7H2,(H,14,15);/q;+1/p-1. The van der Waals surface area contributed by atoms with E-state index in [1.807, 2.05) is 28.8 Å². The molecule has 0 atom stereocenters. The molecule has 1 aromatic heterocycles. The van der Waals surface area contributed by atoms with E-state index >= 15 is 0 Å². The molecule has 0 N–H and O–H groups in total. The number of fused-ring (bicyclic) bond motifs is 1. The third-order valence-electron chi connectivity index (χ3n) is 2.31. The Labute approximate surface area is 116 Å². The monoisotopic (exact) mass is 226 g/mol. The summed E-state index contributed by atoms with van der Waals surface area (Å²) in [7, 11) is 0. The first kappa shape index (κ1) is 13.2. The van der Waals surface area contributed by atoms with Gasteiger partial charge < -0.3 is 14.5 Å². The van der Waals surface area contributed by atoms with Gasteiger partial charge in [0.2, 0.25) is 0 Å². The van der Waals surface area contributed by atoms with Gasteiger partial charge in [0.15, 0.2) is 0 Å². The van der Waals surface area contributed by atoms with E-state index in [9.17, 15) is 9.90 Å². The largest absolute Gasteiger partial charge is 1.00 e. The van der Waals surface area contributed by atoms with Crippen molar-refractivity contribution < 1.29 is 39.5 Å². The van der Waals surface area contributed by atoms with Crippen molar-refractivity contribution in [2.24, 2.45) is 0 Å². The van der Waals surface area contributed by atoms with E-state index in [1.54, 1.807) is 6.33 Å². The van der Waals surface area contributed by atoms with Crippen LogP contribution in [-0.4, -0.2) is 15.5 Å². The number of carbonyl (C=O) groups excluding carboxylic acids is 1. The summed E-state index contributed by atoms with van der Waals surface area (Å²) in [6.45, 7) is 0.661. The van der Waals surface area contributed by atoms with Crippen molar-refractivity contribution in [2.45, 2.75) is 19.4 Å². The number of rotatable bonds is 4. The fourth-order valence-corrected chi connectivity index (χ4v) is 1.58. The molecule has 0 bridgehead atoms. The Kier molecular flexibility index (Phi) is 4.99. The van der Waals surface area contributed by atoms with Gasteiger partial charge in [-0.05, 0) is 25.0 Å². The summed E-state index contributed by atoms with van der Waals surface area (Å²) in [5.74, 6) is -1.00. The fraction of sp³-hybridized carbons (Fsp3) is 0.273. The van der Waals surface area contributed by atoms with Gasteiger partial charge in [-0.25, -0.2) is 4.98 Å². The first-order valence-electron chi connectivity index (χ1n) is 4.87. The number of aliphatic carboxylic acids is 1. The number of carboxylic acids is 1. The maximum atomic E-state index is 10.3. The molecule has 0 aliphatic rings. The van der Waals surface area contributed by atoms with Crippen molar-refractivity contribution in [1.82, 2.24) is 9.55 Å². The SMILES string of the molecule is O=C([O-])CCCn1cnc2ccccc21.[Na+]. The Balaban J connectivity index is 0.00000128. The molecule has 0 spiro atoms. The van der Waals surface area contributed by atoms with Crippen molar-refractivity contribution in [1.29, 1.82) is 0 Å². The number of carboxylic acid groups (broad SMARTS) is 1. The summed E-state index contributed by atoms with van der Waals surface area (Å²) in [5, 5.41) is 10.3. The molecule has 0 saturated carbocycles. The van der Waals surface area contributed by atoms with Gasteiger partial charge in [-0.3, -0.25) is 0 Å². The molecule has 0 aliphatic heterocycles. The van der Waals surface area contributed by atoms with Crippen molar-refractivity contribution in [3.8, 4) is 0 Å². The second-order valence-electron chi connectivity index (χ2n) is 3.40. The Morgan fingerprint density at radius 3 is 2.88 bits per heavy atom. The Morgan fingerprint density at radius 1 is 1.38 bits per heavy atom. The molecule has 5 heteroatoms. The third-order valence-corrected chi connectivity index (χ3v) is 2.31. The van der Waals surface area contributed by atoms with E-state index in [0.29, 0.717) is 13.0 Å². The number of benzene rings is 1. The summed E-state index contributed by atoms with van der Waals surface area (Å²) in [4.78, 5) is 14.5. The van der Waals surface area contributed by atoms with Crippen molar-refractivity contribution >= 4 is 17.0 Å². The fourth-order valence-electron chi connectivity index (χ4n) is 1.58. The van der Waals surface area contributed by atoms with Crippen LogP contribution >= 0.6 is 0 Å². The van der Waals surface area contributed by atoms with Crippen LogP contribution in [0.4, 0.5) is 0 Å². The normalized spacial score (nSPS) is 10.0. The number of imidazole rings is 1.